The van der Waals surface area contributed by atoms with Gasteiger partial charge in [0.05, 0.1) is 26.2 Å². The lowest BCUT2D eigenvalue weighted by molar-refractivity contribution is -0.137. The van der Waals surface area contributed by atoms with Gasteiger partial charge in [0.25, 0.3) is 0 Å². The van der Waals surface area contributed by atoms with E-state index in [1.54, 1.807) is 25.3 Å². The number of aromatic nitrogens is 2. The monoisotopic (exact) mass is 278 g/mol. The Morgan fingerprint density at radius 2 is 2.15 bits per heavy atom. The summed E-state index contributed by atoms with van der Waals surface area (Å²) < 4.78 is 15.4. The molecule has 0 aliphatic carbocycles. The van der Waals surface area contributed by atoms with Gasteiger partial charge in [-0.25, -0.2) is 0 Å². The molecule has 0 aliphatic heterocycles. The molecule has 2 aromatic rings. The summed E-state index contributed by atoms with van der Waals surface area (Å²) in [6.45, 7) is 0. The van der Waals surface area contributed by atoms with Crippen molar-refractivity contribution in [2.24, 2.45) is 0 Å². The number of benzene rings is 1. The lowest BCUT2D eigenvalue weighted by Crippen LogP contribution is -1.97. The molecule has 0 atom stereocenters. The Morgan fingerprint density at radius 3 is 2.80 bits per heavy atom. The second-order valence-electron chi connectivity index (χ2n) is 3.97. The van der Waals surface area contributed by atoms with Crippen molar-refractivity contribution in [1.82, 2.24) is 10.1 Å². The molecular formula is C13H14N2O5. The Morgan fingerprint density at radius 1 is 1.35 bits per heavy atom. The molecule has 1 heterocycles. The molecule has 2 rings (SSSR count). The molecule has 7 heteroatoms. The van der Waals surface area contributed by atoms with Crippen molar-refractivity contribution in [3.8, 4) is 22.9 Å². The fourth-order valence-electron chi connectivity index (χ4n) is 1.66. The minimum atomic E-state index is -0.910. The SMILES string of the molecule is COc1ccc(-c2noc(CCC(=O)O)n2)c(OC)c1. The van der Waals surface area contributed by atoms with Gasteiger partial charge in [-0.15, -0.1) is 0 Å². The molecule has 0 amide bonds. The van der Waals surface area contributed by atoms with Crippen molar-refractivity contribution in [2.75, 3.05) is 14.2 Å². The third-order valence-electron chi connectivity index (χ3n) is 2.67. The molecule has 0 fully saturated rings. The number of hydrogen-bond donors (Lipinski definition) is 1. The summed E-state index contributed by atoms with van der Waals surface area (Å²) >= 11 is 0. The molecule has 0 saturated carbocycles. The van der Waals surface area contributed by atoms with Gasteiger partial charge in [-0.2, -0.15) is 4.98 Å². The largest absolute Gasteiger partial charge is 0.497 e. The number of hydrogen-bond acceptors (Lipinski definition) is 6. The topological polar surface area (TPSA) is 94.7 Å². The highest BCUT2D eigenvalue weighted by atomic mass is 16.5. The van der Waals surface area contributed by atoms with E-state index < -0.39 is 5.97 Å². The second-order valence-corrected chi connectivity index (χ2v) is 3.97. The van der Waals surface area contributed by atoms with Gasteiger partial charge in [-0.1, -0.05) is 5.16 Å². The lowest BCUT2D eigenvalue weighted by Gasteiger charge is -2.07. The van der Waals surface area contributed by atoms with Crippen molar-refractivity contribution in [3.05, 3.63) is 24.1 Å². The Labute approximate surface area is 115 Å². The van der Waals surface area contributed by atoms with Crippen molar-refractivity contribution < 1.29 is 23.9 Å². The maximum atomic E-state index is 10.5. The summed E-state index contributed by atoms with van der Waals surface area (Å²) in [5, 5.41) is 12.4. The molecule has 1 aromatic carbocycles. The number of aryl methyl sites for hydroxylation is 1. The smallest absolute Gasteiger partial charge is 0.303 e. The number of nitrogens with zero attached hydrogens (tertiary/aromatic N) is 2. The van der Waals surface area contributed by atoms with Crippen LogP contribution in [-0.4, -0.2) is 35.4 Å². The molecule has 0 saturated heterocycles. The van der Waals surface area contributed by atoms with Crippen LogP contribution in [0.3, 0.4) is 0 Å². The number of carboxylic acid groups (broad SMARTS) is 1. The molecule has 0 unspecified atom stereocenters. The first-order chi connectivity index (χ1) is 9.63. The Hall–Kier alpha value is -2.57. The van der Waals surface area contributed by atoms with E-state index >= 15 is 0 Å². The summed E-state index contributed by atoms with van der Waals surface area (Å²) in [5.41, 5.74) is 0.652. The maximum Gasteiger partial charge on any atom is 0.303 e. The van der Waals surface area contributed by atoms with Crippen LogP contribution in [0.4, 0.5) is 0 Å². The number of rotatable bonds is 6. The van der Waals surface area contributed by atoms with E-state index in [4.69, 9.17) is 19.1 Å². The van der Waals surface area contributed by atoms with Gasteiger partial charge < -0.3 is 19.1 Å². The zero-order valence-corrected chi connectivity index (χ0v) is 11.1. The Kier molecular flexibility index (Phi) is 4.19. The molecule has 1 N–H and O–H groups in total. The van der Waals surface area contributed by atoms with Crippen LogP contribution in [0.25, 0.3) is 11.4 Å². The van der Waals surface area contributed by atoms with Crippen LogP contribution in [0.1, 0.15) is 12.3 Å². The van der Waals surface area contributed by atoms with Crippen LogP contribution in [0.5, 0.6) is 11.5 Å². The molecule has 1 aromatic heterocycles. The van der Waals surface area contributed by atoms with Crippen LogP contribution in [0, 0.1) is 0 Å². The summed E-state index contributed by atoms with van der Waals surface area (Å²) in [7, 11) is 3.09. The molecule has 0 aliphatic rings. The number of carboxylic acids is 1. The summed E-state index contributed by atoms with van der Waals surface area (Å²) in [6, 6.07) is 5.22. The van der Waals surface area contributed by atoms with E-state index in [1.807, 2.05) is 0 Å². The van der Waals surface area contributed by atoms with Gasteiger partial charge in [0.15, 0.2) is 0 Å². The Bertz CT molecular complexity index is 609. The number of methoxy groups -OCH3 is 2. The molecule has 0 spiro atoms. The molecule has 0 bridgehead atoms. The third-order valence-corrected chi connectivity index (χ3v) is 2.67. The van der Waals surface area contributed by atoms with Gasteiger partial charge in [-0.05, 0) is 12.1 Å². The van der Waals surface area contributed by atoms with E-state index in [0.717, 1.165) is 0 Å². The number of aliphatic carboxylic acids is 1. The predicted molar refractivity (Wildman–Crippen MR) is 68.8 cm³/mol. The highest BCUT2D eigenvalue weighted by Crippen LogP contribution is 2.31. The molecular weight excluding hydrogens is 264 g/mol. The minimum Gasteiger partial charge on any atom is -0.497 e. The predicted octanol–water partition coefficient (Wildman–Crippen LogP) is 1.77. The van der Waals surface area contributed by atoms with Crippen molar-refractivity contribution in [1.29, 1.82) is 0 Å². The van der Waals surface area contributed by atoms with Crippen LogP contribution in [0.15, 0.2) is 22.7 Å². The molecule has 7 nitrogen and oxygen atoms in total. The van der Waals surface area contributed by atoms with Crippen LogP contribution < -0.4 is 9.47 Å². The minimum absolute atomic E-state index is 0.0542. The highest BCUT2D eigenvalue weighted by molar-refractivity contribution is 5.67. The van der Waals surface area contributed by atoms with E-state index in [-0.39, 0.29) is 18.7 Å². The first-order valence-electron chi connectivity index (χ1n) is 5.91. The maximum absolute atomic E-state index is 10.5. The molecule has 20 heavy (non-hydrogen) atoms. The standard InChI is InChI=1S/C13H14N2O5/c1-18-8-3-4-9(10(7-8)19-2)13-14-11(20-15-13)5-6-12(16)17/h3-4,7H,5-6H2,1-2H3,(H,16,17). The van der Waals surface area contributed by atoms with E-state index in [9.17, 15) is 4.79 Å². The quantitative estimate of drug-likeness (QED) is 0.860. The lowest BCUT2D eigenvalue weighted by atomic mass is 10.2. The van der Waals surface area contributed by atoms with Crippen LogP contribution >= 0.6 is 0 Å². The van der Waals surface area contributed by atoms with Crippen molar-refractivity contribution in [3.63, 3.8) is 0 Å². The van der Waals surface area contributed by atoms with E-state index in [1.165, 1.54) is 7.11 Å². The average Bonchev–Trinajstić information content (AvgIpc) is 2.93. The number of ether oxygens (including phenoxy) is 2. The Balaban J connectivity index is 2.25. The summed E-state index contributed by atoms with van der Waals surface area (Å²) in [5.74, 6) is 0.923. The first-order valence-corrected chi connectivity index (χ1v) is 5.91. The average molecular weight is 278 g/mol. The normalized spacial score (nSPS) is 10.3. The fraction of sp³-hybridized carbons (Fsp3) is 0.308. The molecule has 0 radical (unpaired) electrons. The highest BCUT2D eigenvalue weighted by Gasteiger charge is 2.14. The zero-order valence-electron chi connectivity index (χ0n) is 11.1. The number of carbonyl (C=O) groups is 1. The van der Waals surface area contributed by atoms with E-state index in [2.05, 4.69) is 10.1 Å². The van der Waals surface area contributed by atoms with Crippen LogP contribution in [0.2, 0.25) is 0 Å². The van der Waals surface area contributed by atoms with Gasteiger partial charge in [0, 0.05) is 12.5 Å². The van der Waals surface area contributed by atoms with Gasteiger partial charge in [0.1, 0.15) is 11.5 Å². The van der Waals surface area contributed by atoms with Gasteiger partial charge in [-0.3, -0.25) is 4.79 Å². The van der Waals surface area contributed by atoms with Crippen molar-refractivity contribution in [2.45, 2.75) is 12.8 Å². The summed E-state index contributed by atoms with van der Waals surface area (Å²) in [4.78, 5) is 14.7. The first kappa shape index (κ1) is 13.9. The third kappa shape index (κ3) is 3.05. The van der Waals surface area contributed by atoms with Crippen molar-refractivity contribution >= 4 is 5.97 Å². The fourth-order valence-corrected chi connectivity index (χ4v) is 1.66. The summed E-state index contributed by atoms with van der Waals surface area (Å²) in [6.07, 6.45) is 0.141. The van der Waals surface area contributed by atoms with Gasteiger partial charge >= 0.3 is 5.97 Å². The molecule has 106 valence electrons. The second kappa shape index (κ2) is 6.05. The van der Waals surface area contributed by atoms with E-state index in [0.29, 0.717) is 22.9 Å². The van der Waals surface area contributed by atoms with Crippen LogP contribution in [-0.2, 0) is 11.2 Å². The zero-order chi connectivity index (χ0) is 14.5. The van der Waals surface area contributed by atoms with Gasteiger partial charge in [0.2, 0.25) is 11.7 Å².